The van der Waals surface area contributed by atoms with Crippen LogP contribution in [0.15, 0.2) is 0 Å². The molecule has 7 N–H and O–H groups in total. The molecule has 0 bridgehead atoms. The van der Waals surface area contributed by atoms with Crippen molar-refractivity contribution in [2.24, 2.45) is 17.4 Å². The van der Waals surface area contributed by atoms with Gasteiger partial charge < -0.3 is 32.1 Å². The van der Waals surface area contributed by atoms with Gasteiger partial charge in [-0.15, -0.1) is 0 Å². The third kappa shape index (κ3) is 6.19. The van der Waals surface area contributed by atoms with E-state index in [0.29, 0.717) is 19.3 Å². The predicted molar refractivity (Wildman–Crippen MR) is 98.6 cm³/mol. The van der Waals surface area contributed by atoms with Crippen LogP contribution >= 0.6 is 0 Å². The van der Waals surface area contributed by atoms with E-state index in [2.05, 4.69) is 10.6 Å². The van der Waals surface area contributed by atoms with Crippen molar-refractivity contribution in [1.29, 1.82) is 0 Å². The van der Waals surface area contributed by atoms with Gasteiger partial charge >= 0.3 is 5.97 Å². The van der Waals surface area contributed by atoms with Gasteiger partial charge in [0.25, 0.3) is 0 Å². The monoisotopic (exact) mass is 399 g/mol. The van der Waals surface area contributed by atoms with Gasteiger partial charge in [0.2, 0.25) is 23.6 Å². The summed E-state index contributed by atoms with van der Waals surface area (Å²) in [5.41, 5.74) is 10.4. The zero-order valence-corrected chi connectivity index (χ0v) is 16.1. The first-order chi connectivity index (χ1) is 13.1. The summed E-state index contributed by atoms with van der Waals surface area (Å²) >= 11 is 0. The highest BCUT2D eigenvalue weighted by atomic mass is 16.4. The molecule has 1 fully saturated rings. The molecule has 4 atom stereocenters. The number of carbonyl (C=O) groups excluding carboxylic acids is 4. The number of rotatable bonds is 10. The van der Waals surface area contributed by atoms with Gasteiger partial charge in [-0.1, -0.05) is 20.3 Å². The number of carboxylic acids is 1. The Balaban J connectivity index is 3.01. The Bertz CT molecular complexity index is 625. The molecule has 0 spiro atoms. The van der Waals surface area contributed by atoms with Gasteiger partial charge in [0.1, 0.15) is 18.1 Å². The van der Waals surface area contributed by atoms with E-state index in [9.17, 15) is 29.1 Å². The van der Waals surface area contributed by atoms with Gasteiger partial charge in [0.15, 0.2) is 0 Å². The van der Waals surface area contributed by atoms with E-state index in [1.165, 1.54) is 4.90 Å². The summed E-state index contributed by atoms with van der Waals surface area (Å²) in [5, 5.41) is 14.2. The fourth-order valence-electron chi connectivity index (χ4n) is 3.07. The Morgan fingerprint density at radius 2 is 1.86 bits per heavy atom. The van der Waals surface area contributed by atoms with Crippen molar-refractivity contribution in [2.45, 2.75) is 57.7 Å². The summed E-state index contributed by atoms with van der Waals surface area (Å²) in [6.45, 7) is 3.47. The van der Waals surface area contributed by atoms with Crippen LogP contribution in [0.5, 0.6) is 0 Å². The van der Waals surface area contributed by atoms with Crippen LogP contribution in [0, 0.1) is 5.92 Å². The SMILES string of the molecule is CCC(C)C(NC(=O)C(CC(N)=O)NC(=O)CN)C(=O)N1CCCC1C(=O)O. The average Bonchev–Trinajstić information content (AvgIpc) is 3.13. The second kappa shape index (κ2) is 10.6. The number of nitrogens with one attached hydrogen (secondary N) is 2. The second-order valence-electron chi connectivity index (χ2n) is 6.89. The lowest BCUT2D eigenvalue weighted by atomic mass is 9.96. The smallest absolute Gasteiger partial charge is 0.326 e. The molecule has 0 aromatic heterocycles. The number of aliphatic carboxylic acids is 1. The van der Waals surface area contributed by atoms with Crippen molar-refractivity contribution in [1.82, 2.24) is 15.5 Å². The Labute approximate surface area is 163 Å². The number of hydrogen-bond donors (Lipinski definition) is 5. The largest absolute Gasteiger partial charge is 0.480 e. The number of carboxylic acid groups (broad SMARTS) is 1. The molecule has 11 heteroatoms. The van der Waals surface area contributed by atoms with E-state index in [0.717, 1.165) is 0 Å². The molecule has 0 aliphatic carbocycles. The molecule has 1 saturated heterocycles. The minimum absolute atomic E-state index is 0.285. The number of likely N-dealkylation sites (tertiary alicyclic amines) is 1. The van der Waals surface area contributed by atoms with E-state index in [1.54, 1.807) is 6.92 Å². The van der Waals surface area contributed by atoms with Crippen LogP contribution in [0.3, 0.4) is 0 Å². The summed E-state index contributed by atoms with van der Waals surface area (Å²) in [4.78, 5) is 61.0. The summed E-state index contributed by atoms with van der Waals surface area (Å²) < 4.78 is 0. The summed E-state index contributed by atoms with van der Waals surface area (Å²) in [5.74, 6) is -4.12. The first-order valence-electron chi connectivity index (χ1n) is 9.23. The maximum Gasteiger partial charge on any atom is 0.326 e. The van der Waals surface area contributed by atoms with E-state index in [1.807, 2.05) is 6.92 Å². The van der Waals surface area contributed by atoms with Crippen molar-refractivity contribution in [3.63, 3.8) is 0 Å². The first-order valence-corrected chi connectivity index (χ1v) is 9.23. The quantitative estimate of drug-likeness (QED) is 0.279. The standard InChI is InChI=1S/C17H29N5O6/c1-3-9(2)14(16(26)22-6-4-5-11(22)17(27)28)21-15(25)10(7-12(19)23)20-13(24)8-18/h9-11,14H,3-8,18H2,1-2H3,(H2,19,23)(H,20,24)(H,21,25)(H,27,28). The van der Waals surface area contributed by atoms with Gasteiger partial charge in [0.05, 0.1) is 13.0 Å². The molecular weight excluding hydrogens is 370 g/mol. The Hall–Kier alpha value is -2.69. The molecule has 4 amide bonds. The van der Waals surface area contributed by atoms with Crippen LogP contribution < -0.4 is 22.1 Å². The Kier molecular flexibility index (Phi) is 8.83. The molecule has 0 aromatic carbocycles. The molecule has 0 saturated carbocycles. The number of nitrogens with two attached hydrogens (primary N) is 2. The predicted octanol–water partition coefficient (Wildman–Crippen LogP) is -2.09. The van der Waals surface area contributed by atoms with E-state index in [-0.39, 0.29) is 19.0 Å². The normalized spacial score (nSPS) is 19.4. The van der Waals surface area contributed by atoms with Gasteiger partial charge in [0, 0.05) is 6.54 Å². The van der Waals surface area contributed by atoms with Crippen molar-refractivity contribution < 1.29 is 29.1 Å². The van der Waals surface area contributed by atoms with Crippen molar-refractivity contribution in [3.8, 4) is 0 Å². The lowest BCUT2D eigenvalue weighted by molar-refractivity contribution is -0.150. The fraction of sp³-hybridized carbons (Fsp3) is 0.706. The van der Waals surface area contributed by atoms with Crippen LogP contribution in [0.1, 0.15) is 39.5 Å². The Morgan fingerprint density at radius 3 is 2.36 bits per heavy atom. The molecule has 0 radical (unpaired) electrons. The number of nitrogens with zero attached hydrogens (tertiary/aromatic N) is 1. The molecule has 1 rings (SSSR count). The average molecular weight is 399 g/mol. The van der Waals surface area contributed by atoms with Crippen LogP contribution in [-0.2, 0) is 24.0 Å². The highest BCUT2D eigenvalue weighted by Crippen LogP contribution is 2.21. The van der Waals surface area contributed by atoms with Crippen molar-refractivity contribution in [3.05, 3.63) is 0 Å². The number of carbonyl (C=O) groups is 5. The summed E-state index contributed by atoms with van der Waals surface area (Å²) in [6.07, 6.45) is 0.984. The number of amides is 4. The van der Waals surface area contributed by atoms with Crippen LogP contribution in [-0.4, -0.2) is 70.8 Å². The molecule has 11 nitrogen and oxygen atoms in total. The van der Waals surface area contributed by atoms with Crippen LogP contribution in [0.25, 0.3) is 0 Å². The molecule has 4 unspecified atom stereocenters. The molecule has 0 aromatic rings. The van der Waals surface area contributed by atoms with E-state index >= 15 is 0 Å². The van der Waals surface area contributed by atoms with Gasteiger partial charge in [-0.05, 0) is 18.8 Å². The second-order valence-corrected chi connectivity index (χ2v) is 6.89. The Morgan fingerprint density at radius 1 is 1.21 bits per heavy atom. The molecule has 1 aliphatic heterocycles. The van der Waals surface area contributed by atoms with E-state index < -0.39 is 54.1 Å². The lowest BCUT2D eigenvalue weighted by Crippen LogP contribution is -2.58. The van der Waals surface area contributed by atoms with Crippen LogP contribution in [0.4, 0.5) is 0 Å². The number of hydrogen-bond acceptors (Lipinski definition) is 6. The third-order valence-corrected chi connectivity index (χ3v) is 4.84. The molecule has 158 valence electrons. The molecule has 1 heterocycles. The van der Waals surface area contributed by atoms with Gasteiger partial charge in [-0.25, -0.2) is 4.79 Å². The topological polar surface area (TPSA) is 185 Å². The summed E-state index contributed by atoms with van der Waals surface area (Å²) in [7, 11) is 0. The highest BCUT2D eigenvalue weighted by Gasteiger charge is 2.39. The highest BCUT2D eigenvalue weighted by molar-refractivity contribution is 5.95. The number of primary amides is 1. The third-order valence-electron chi connectivity index (χ3n) is 4.84. The minimum Gasteiger partial charge on any atom is -0.480 e. The summed E-state index contributed by atoms with van der Waals surface area (Å²) in [6, 6.07) is -3.21. The zero-order valence-electron chi connectivity index (χ0n) is 16.1. The van der Waals surface area contributed by atoms with Gasteiger partial charge in [-0.3, -0.25) is 19.2 Å². The molecule has 28 heavy (non-hydrogen) atoms. The maximum absolute atomic E-state index is 13.0. The maximum atomic E-state index is 13.0. The molecular formula is C17H29N5O6. The fourth-order valence-corrected chi connectivity index (χ4v) is 3.07. The lowest BCUT2D eigenvalue weighted by Gasteiger charge is -2.31. The zero-order chi connectivity index (χ0) is 21.4. The van der Waals surface area contributed by atoms with Crippen molar-refractivity contribution >= 4 is 29.6 Å². The van der Waals surface area contributed by atoms with Crippen molar-refractivity contribution in [2.75, 3.05) is 13.1 Å². The van der Waals surface area contributed by atoms with Gasteiger partial charge in [-0.2, -0.15) is 0 Å². The minimum atomic E-state index is -1.28. The van der Waals surface area contributed by atoms with Crippen LogP contribution in [0.2, 0.25) is 0 Å². The first kappa shape index (κ1) is 23.3. The molecule has 1 aliphatic rings. The van der Waals surface area contributed by atoms with E-state index in [4.69, 9.17) is 11.5 Å².